The van der Waals surface area contributed by atoms with E-state index in [0.29, 0.717) is 18.8 Å². The molecule has 0 spiro atoms. The largest absolute Gasteiger partial charge is 0.346 e. The monoisotopic (exact) mass is 324 g/mol. The topological polar surface area (TPSA) is 75.3 Å². The van der Waals surface area contributed by atoms with Gasteiger partial charge in [0.2, 0.25) is 5.91 Å². The number of Topliss-reactive ketones (excluding diaryl/α,β-unsaturated/α-hetero) is 2. The molecule has 0 unspecified atom stereocenters. The third kappa shape index (κ3) is 8.65. The minimum absolute atomic E-state index is 0.00861. The van der Waals surface area contributed by atoms with Gasteiger partial charge in [0.05, 0.1) is 18.1 Å². The third-order valence-electron chi connectivity index (χ3n) is 3.99. The minimum atomic E-state index is -0.725. The van der Waals surface area contributed by atoms with E-state index in [-0.39, 0.29) is 24.0 Å². The van der Waals surface area contributed by atoms with Gasteiger partial charge in [-0.15, -0.1) is 6.58 Å². The number of carbonyl (C=O) groups excluding carboxylic acids is 3. The summed E-state index contributed by atoms with van der Waals surface area (Å²) in [7, 11) is 0. The van der Waals surface area contributed by atoms with Crippen molar-refractivity contribution in [3.63, 3.8) is 0 Å². The van der Waals surface area contributed by atoms with Gasteiger partial charge in [-0.3, -0.25) is 19.7 Å². The predicted molar refractivity (Wildman–Crippen MR) is 93.2 cm³/mol. The van der Waals surface area contributed by atoms with Crippen LogP contribution in [-0.2, 0) is 14.4 Å². The second-order valence-electron chi connectivity index (χ2n) is 6.77. The Morgan fingerprint density at radius 2 is 1.83 bits per heavy atom. The smallest absolute Gasteiger partial charge is 0.217 e. The van der Waals surface area contributed by atoms with Crippen LogP contribution in [0.1, 0.15) is 60.3 Å². The highest BCUT2D eigenvalue weighted by atomic mass is 16.2. The highest BCUT2D eigenvalue weighted by Crippen LogP contribution is 2.16. The highest BCUT2D eigenvalue weighted by molar-refractivity contribution is 5.91. The highest BCUT2D eigenvalue weighted by Gasteiger charge is 2.30. The Labute approximate surface area is 140 Å². The number of nitrogens with one attached hydrogen (secondary N) is 2. The van der Waals surface area contributed by atoms with Crippen molar-refractivity contribution < 1.29 is 14.4 Å². The number of hydrogen-bond donors (Lipinski definition) is 2. The summed E-state index contributed by atoms with van der Waals surface area (Å²) in [5.41, 5.74) is -0.725. The molecule has 0 aromatic carbocycles. The summed E-state index contributed by atoms with van der Waals surface area (Å²) in [6.07, 6.45) is 4.73. The Morgan fingerprint density at radius 3 is 2.26 bits per heavy atom. The molecule has 0 radical (unpaired) electrons. The molecular weight excluding hydrogens is 292 g/mol. The Kier molecular flexibility index (Phi) is 9.65. The molecule has 0 fully saturated rings. The first-order valence-corrected chi connectivity index (χ1v) is 8.29. The fraction of sp³-hybridized carbons (Fsp3) is 0.722. The maximum atomic E-state index is 12.4. The minimum Gasteiger partial charge on any atom is -0.346 e. The standard InChI is InChI=1S/C18H32N2O3/c1-7-8-9-10-18(6,14(4)21)19-12-17(23)16(11-13(2)3)20-15(5)22/h7,13,16,19H,1,8-12H2,2-6H3,(H,20,22)/t16-,18-/m0/s1. The van der Waals surface area contributed by atoms with Crippen molar-refractivity contribution in [3.05, 3.63) is 12.7 Å². The number of carbonyl (C=O) groups is 3. The summed E-state index contributed by atoms with van der Waals surface area (Å²) in [5, 5.41) is 5.80. The lowest BCUT2D eigenvalue weighted by Crippen LogP contribution is -2.53. The first-order chi connectivity index (χ1) is 10.6. The van der Waals surface area contributed by atoms with Gasteiger partial charge in [0, 0.05) is 6.92 Å². The van der Waals surface area contributed by atoms with Gasteiger partial charge in [-0.25, -0.2) is 0 Å². The quantitative estimate of drug-likeness (QED) is 0.427. The first kappa shape index (κ1) is 21.5. The van der Waals surface area contributed by atoms with Gasteiger partial charge < -0.3 is 5.32 Å². The van der Waals surface area contributed by atoms with Gasteiger partial charge in [-0.1, -0.05) is 19.9 Å². The van der Waals surface area contributed by atoms with Gasteiger partial charge in [0.25, 0.3) is 0 Å². The lowest BCUT2D eigenvalue weighted by molar-refractivity contribution is -0.128. The Hall–Kier alpha value is -1.49. The van der Waals surface area contributed by atoms with Crippen LogP contribution in [0.5, 0.6) is 0 Å². The van der Waals surface area contributed by atoms with Gasteiger partial charge in [0.1, 0.15) is 5.78 Å². The zero-order chi connectivity index (χ0) is 18.0. The SMILES string of the molecule is C=CCCC[C@](C)(NCC(=O)[C@H](CC(C)C)NC(C)=O)C(C)=O. The number of unbranched alkanes of at least 4 members (excludes halogenated alkanes) is 1. The van der Waals surface area contributed by atoms with E-state index >= 15 is 0 Å². The molecule has 0 aliphatic heterocycles. The van der Waals surface area contributed by atoms with Crippen LogP contribution in [0.3, 0.4) is 0 Å². The molecule has 0 saturated carbocycles. The summed E-state index contributed by atoms with van der Waals surface area (Å²) >= 11 is 0. The van der Waals surface area contributed by atoms with Crippen LogP contribution < -0.4 is 10.6 Å². The molecule has 0 aliphatic rings. The summed E-state index contributed by atoms with van der Waals surface area (Å²) in [5.74, 6) is -0.00807. The maximum absolute atomic E-state index is 12.4. The lowest BCUT2D eigenvalue weighted by Gasteiger charge is -2.29. The Balaban J connectivity index is 4.77. The molecule has 132 valence electrons. The average molecular weight is 324 g/mol. The molecule has 0 aromatic rings. The Bertz CT molecular complexity index is 432. The van der Waals surface area contributed by atoms with Crippen molar-refractivity contribution in [2.45, 2.75) is 71.9 Å². The van der Waals surface area contributed by atoms with Gasteiger partial charge >= 0.3 is 0 Å². The molecule has 2 N–H and O–H groups in total. The van der Waals surface area contributed by atoms with E-state index in [1.165, 1.54) is 13.8 Å². The van der Waals surface area contributed by atoms with Crippen LogP contribution in [0.2, 0.25) is 0 Å². The molecule has 5 heteroatoms. The van der Waals surface area contributed by atoms with Crippen molar-refractivity contribution in [2.24, 2.45) is 5.92 Å². The van der Waals surface area contributed by atoms with Crippen LogP contribution in [0.4, 0.5) is 0 Å². The molecular formula is C18H32N2O3. The van der Waals surface area contributed by atoms with Crippen LogP contribution in [-0.4, -0.2) is 35.6 Å². The zero-order valence-corrected chi connectivity index (χ0v) is 15.2. The predicted octanol–water partition coefficient (Wildman–Crippen LogP) is 2.40. The lowest BCUT2D eigenvalue weighted by atomic mass is 9.90. The first-order valence-electron chi connectivity index (χ1n) is 8.29. The van der Waals surface area contributed by atoms with E-state index in [9.17, 15) is 14.4 Å². The number of hydrogen-bond acceptors (Lipinski definition) is 4. The van der Waals surface area contributed by atoms with E-state index in [2.05, 4.69) is 17.2 Å². The molecule has 0 heterocycles. The van der Waals surface area contributed by atoms with E-state index in [1.54, 1.807) is 0 Å². The van der Waals surface area contributed by atoms with Crippen LogP contribution >= 0.6 is 0 Å². The average Bonchev–Trinajstić information content (AvgIpc) is 2.43. The van der Waals surface area contributed by atoms with Gasteiger partial charge in [0.15, 0.2) is 5.78 Å². The number of allylic oxidation sites excluding steroid dienone is 1. The molecule has 0 rings (SSSR count). The Morgan fingerprint density at radius 1 is 1.22 bits per heavy atom. The second kappa shape index (κ2) is 10.3. The van der Waals surface area contributed by atoms with Crippen molar-refractivity contribution in [1.29, 1.82) is 0 Å². The molecule has 0 saturated heterocycles. The van der Waals surface area contributed by atoms with Crippen LogP contribution in [0.25, 0.3) is 0 Å². The van der Waals surface area contributed by atoms with E-state index in [0.717, 1.165) is 12.8 Å². The maximum Gasteiger partial charge on any atom is 0.217 e. The normalized spacial score (nSPS) is 14.9. The summed E-state index contributed by atoms with van der Waals surface area (Å²) in [6.45, 7) is 12.5. The van der Waals surface area contributed by atoms with Crippen LogP contribution in [0, 0.1) is 5.92 Å². The molecule has 0 bridgehead atoms. The fourth-order valence-electron chi connectivity index (χ4n) is 2.38. The van der Waals surface area contributed by atoms with Crippen molar-refractivity contribution >= 4 is 17.5 Å². The fourth-order valence-corrected chi connectivity index (χ4v) is 2.38. The summed E-state index contributed by atoms with van der Waals surface area (Å²) in [4.78, 5) is 35.6. The third-order valence-corrected chi connectivity index (χ3v) is 3.99. The molecule has 0 aromatic heterocycles. The molecule has 23 heavy (non-hydrogen) atoms. The molecule has 0 aliphatic carbocycles. The second-order valence-corrected chi connectivity index (χ2v) is 6.77. The van der Waals surface area contributed by atoms with E-state index < -0.39 is 11.6 Å². The molecule has 2 atom stereocenters. The number of ketones is 2. The van der Waals surface area contributed by atoms with E-state index in [1.807, 2.05) is 26.8 Å². The van der Waals surface area contributed by atoms with E-state index in [4.69, 9.17) is 0 Å². The number of rotatable bonds is 12. The van der Waals surface area contributed by atoms with Gasteiger partial charge in [-0.2, -0.15) is 0 Å². The molecule has 1 amide bonds. The summed E-state index contributed by atoms with van der Waals surface area (Å²) < 4.78 is 0. The summed E-state index contributed by atoms with van der Waals surface area (Å²) in [6, 6.07) is -0.510. The van der Waals surface area contributed by atoms with Crippen molar-refractivity contribution in [1.82, 2.24) is 10.6 Å². The molecule has 5 nitrogen and oxygen atoms in total. The number of amides is 1. The van der Waals surface area contributed by atoms with Crippen LogP contribution in [0.15, 0.2) is 12.7 Å². The zero-order valence-electron chi connectivity index (χ0n) is 15.2. The van der Waals surface area contributed by atoms with Gasteiger partial charge in [-0.05, 0) is 45.4 Å². The van der Waals surface area contributed by atoms with Crippen molar-refractivity contribution in [3.8, 4) is 0 Å². The van der Waals surface area contributed by atoms with Crippen molar-refractivity contribution in [2.75, 3.05) is 6.54 Å².